The lowest BCUT2D eigenvalue weighted by Crippen LogP contribution is -2.24. The van der Waals surface area contributed by atoms with Gasteiger partial charge in [0.15, 0.2) is 0 Å². The predicted molar refractivity (Wildman–Crippen MR) is 135 cm³/mol. The van der Waals surface area contributed by atoms with Crippen LogP contribution in [-0.4, -0.2) is 142 Å². The molecule has 0 atom stereocenters. The molecule has 1 N–H and O–H groups in total. The standard InChI is InChI=1S/C25H50O12/c1-25(2,3)37-24(27)4-6-28-8-10-30-12-14-32-16-18-34-20-22-36-23-21-35-19-17-33-15-13-31-11-9-29-7-5-26/h26H,4-23H2,1-3H3. The molecule has 0 radical (unpaired) electrons. The van der Waals surface area contributed by atoms with Crippen molar-refractivity contribution in [2.24, 2.45) is 0 Å². The number of hydrogen-bond donors (Lipinski definition) is 1. The zero-order valence-electron chi connectivity index (χ0n) is 23.1. The van der Waals surface area contributed by atoms with E-state index in [1.54, 1.807) is 0 Å². The minimum Gasteiger partial charge on any atom is -0.460 e. The number of aliphatic hydroxyl groups excluding tert-OH is 1. The van der Waals surface area contributed by atoms with Crippen molar-refractivity contribution in [2.45, 2.75) is 32.8 Å². The molecule has 0 amide bonds. The maximum absolute atomic E-state index is 11.5. The van der Waals surface area contributed by atoms with Gasteiger partial charge < -0.3 is 52.5 Å². The van der Waals surface area contributed by atoms with Crippen LogP contribution in [0, 0.1) is 0 Å². The number of aliphatic hydroxyl groups is 1. The number of rotatable bonds is 29. The molecule has 0 aromatic carbocycles. The van der Waals surface area contributed by atoms with Crippen LogP contribution in [0.25, 0.3) is 0 Å². The molecule has 0 fully saturated rings. The highest BCUT2D eigenvalue weighted by molar-refractivity contribution is 5.69. The lowest BCUT2D eigenvalue weighted by molar-refractivity contribution is -0.156. The zero-order valence-corrected chi connectivity index (χ0v) is 23.1. The Labute approximate surface area is 222 Å². The normalized spacial score (nSPS) is 11.8. The largest absolute Gasteiger partial charge is 0.460 e. The van der Waals surface area contributed by atoms with Gasteiger partial charge in [0.05, 0.1) is 132 Å². The molecule has 37 heavy (non-hydrogen) atoms. The first kappa shape index (κ1) is 36.1. The molecule has 12 nitrogen and oxygen atoms in total. The smallest absolute Gasteiger partial charge is 0.308 e. The van der Waals surface area contributed by atoms with E-state index in [2.05, 4.69) is 0 Å². The van der Waals surface area contributed by atoms with Gasteiger partial charge >= 0.3 is 5.97 Å². The Balaban J connectivity index is 3.09. The molecule has 222 valence electrons. The molecule has 0 spiro atoms. The maximum Gasteiger partial charge on any atom is 0.308 e. The number of esters is 1. The Hall–Kier alpha value is -0.930. The molecule has 0 aromatic heterocycles. The van der Waals surface area contributed by atoms with Crippen LogP contribution in [0.15, 0.2) is 0 Å². The first-order valence-corrected chi connectivity index (χ1v) is 13.0. The molecular formula is C25H50O12. The second-order valence-electron chi connectivity index (χ2n) is 8.57. The Morgan fingerprint density at radius 1 is 0.459 bits per heavy atom. The van der Waals surface area contributed by atoms with Crippen LogP contribution in [0.3, 0.4) is 0 Å². The van der Waals surface area contributed by atoms with E-state index in [1.165, 1.54) is 0 Å². The Morgan fingerprint density at radius 3 is 0.946 bits per heavy atom. The van der Waals surface area contributed by atoms with Crippen molar-refractivity contribution in [3.63, 3.8) is 0 Å². The lowest BCUT2D eigenvalue weighted by Gasteiger charge is -2.19. The number of ether oxygens (including phenoxy) is 10. The monoisotopic (exact) mass is 542 g/mol. The van der Waals surface area contributed by atoms with Gasteiger partial charge in [0.25, 0.3) is 0 Å². The summed E-state index contributed by atoms with van der Waals surface area (Å²) in [5.74, 6) is -0.265. The highest BCUT2D eigenvalue weighted by Crippen LogP contribution is 2.08. The van der Waals surface area contributed by atoms with Gasteiger partial charge in [-0.2, -0.15) is 0 Å². The van der Waals surface area contributed by atoms with Crippen LogP contribution in [0.5, 0.6) is 0 Å². The molecule has 0 aliphatic rings. The summed E-state index contributed by atoms with van der Waals surface area (Å²) in [5.41, 5.74) is -0.470. The van der Waals surface area contributed by atoms with Gasteiger partial charge in [0.1, 0.15) is 5.60 Å². The first-order chi connectivity index (χ1) is 18.0. The van der Waals surface area contributed by atoms with Gasteiger partial charge in [0.2, 0.25) is 0 Å². The average Bonchev–Trinajstić information content (AvgIpc) is 2.84. The van der Waals surface area contributed by atoms with Gasteiger partial charge in [-0.15, -0.1) is 0 Å². The molecule has 0 heterocycles. The molecule has 0 aromatic rings. The topological polar surface area (TPSA) is 130 Å². The van der Waals surface area contributed by atoms with Gasteiger partial charge in [-0.05, 0) is 20.8 Å². The lowest BCUT2D eigenvalue weighted by atomic mass is 10.2. The van der Waals surface area contributed by atoms with Gasteiger partial charge in [-0.25, -0.2) is 0 Å². The Bertz CT molecular complexity index is 473. The summed E-state index contributed by atoms with van der Waals surface area (Å²) in [7, 11) is 0. The van der Waals surface area contributed by atoms with Crippen LogP contribution >= 0.6 is 0 Å². The summed E-state index contributed by atoms with van der Waals surface area (Å²) in [6.45, 7) is 13.9. The van der Waals surface area contributed by atoms with Gasteiger partial charge in [-0.3, -0.25) is 4.79 Å². The van der Waals surface area contributed by atoms with E-state index in [4.69, 9.17) is 52.5 Å². The highest BCUT2D eigenvalue weighted by Gasteiger charge is 2.15. The van der Waals surface area contributed by atoms with Crippen molar-refractivity contribution in [3.05, 3.63) is 0 Å². The second-order valence-corrected chi connectivity index (χ2v) is 8.57. The molecule has 0 bridgehead atoms. The van der Waals surface area contributed by atoms with Crippen molar-refractivity contribution in [1.29, 1.82) is 0 Å². The molecule has 0 rings (SSSR count). The van der Waals surface area contributed by atoms with Crippen molar-refractivity contribution in [3.8, 4) is 0 Å². The van der Waals surface area contributed by atoms with E-state index < -0.39 is 5.60 Å². The summed E-state index contributed by atoms with van der Waals surface area (Å²) >= 11 is 0. The van der Waals surface area contributed by atoms with Crippen LogP contribution in [0.2, 0.25) is 0 Å². The average molecular weight is 543 g/mol. The maximum atomic E-state index is 11.5. The van der Waals surface area contributed by atoms with Crippen LogP contribution in [-0.2, 0) is 52.2 Å². The SMILES string of the molecule is CC(C)(C)OC(=O)CCOCCOCCOCCOCCOCCOCCOCCOCCOCCO. The van der Waals surface area contributed by atoms with Crippen LogP contribution in [0.1, 0.15) is 27.2 Å². The fourth-order valence-corrected chi connectivity index (χ4v) is 2.47. The summed E-state index contributed by atoms with van der Waals surface area (Å²) in [4.78, 5) is 11.5. The van der Waals surface area contributed by atoms with Crippen LogP contribution in [0.4, 0.5) is 0 Å². The molecule has 0 unspecified atom stereocenters. The van der Waals surface area contributed by atoms with Crippen molar-refractivity contribution >= 4 is 5.97 Å². The quantitative estimate of drug-likeness (QED) is 0.106. The molecule has 0 aliphatic heterocycles. The van der Waals surface area contributed by atoms with E-state index in [0.29, 0.717) is 119 Å². The third kappa shape index (κ3) is 33.0. The number of hydrogen-bond acceptors (Lipinski definition) is 12. The number of carbonyl (C=O) groups is 1. The fraction of sp³-hybridized carbons (Fsp3) is 0.960. The van der Waals surface area contributed by atoms with E-state index in [0.717, 1.165) is 0 Å². The minimum atomic E-state index is -0.470. The van der Waals surface area contributed by atoms with Crippen molar-refractivity contribution in [2.75, 3.05) is 126 Å². The van der Waals surface area contributed by atoms with E-state index in [1.807, 2.05) is 20.8 Å². The van der Waals surface area contributed by atoms with E-state index in [-0.39, 0.29) is 19.0 Å². The number of carbonyl (C=O) groups excluding carboxylic acids is 1. The molecule has 0 saturated heterocycles. The summed E-state index contributed by atoms with van der Waals surface area (Å²) in [5, 5.41) is 8.55. The molecule has 0 saturated carbocycles. The van der Waals surface area contributed by atoms with Crippen molar-refractivity contribution in [1.82, 2.24) is 0 Å². The zero-order chi connectivity index (χ0) is 27.3. The van der Waals surface area contributed by atoms with E-state index >= 15 is 0 Å². The van der Waals surface area contributed by atoms with Gasteiger partial charge in [0, 0.05) is 0 Å². The Morgan fingerprint density at radius 2 is 0.703 bits per heavy atom. The summed E-state index contributed by atoms with van der Waals surface area (Å²) < 4.78 is 53.4. The molecule has 0 aliphatic carbocycles. The minimum absolute atomic E-state index is 0.0237. The second kappa shape index (κ2) is 28.1. The third-order valence-corrected chi connectivity index (χ3v) is 4.08. The highest BCUT2D eigenvalue weighted by atomic mass is 16.6. The fourth-order valence-electron chi connectivity index (χ4n) is 2.47. The first-order valence-electron chi connectivity index (χ1n) is 13.0. The summed E-state index contributed by atoms with van der Waals surface area (Å²) in [6, 6.07) is 0. The van der Waals surface area contributed by atoms with Crippen LogP contribution < -0.4 is 0 Å². The Kier molecular flexibility index (Phi) is 27.4. The van der Waals surface area contributed by atoms with Crippen molar-refractivity contribution < 1.29 is 57.3 Å². The molecular weight excluding hydrogens is 492 g/mol. The van der Waals surface area contributed by atoms with E-state index in [9.17, 15) is 4.79 Å². The van der Waals surface area contributed by atoms with Gasteiger partial charge in [-0.1, -0.05) is 0 Å². The summed E-state index contributed by atoms with van der Waals surface area (Å²) in [6.07, 6.45) is 0.233. The third-order valence-electron chi connectivity index (χ3n) is 4.08. The molecule has 12 heteroatoms. The predicted octanol–water partition coefficient (Wildman–Crippen LogP) is 0.860.